The first-order chi connectivity index (χ1) is 15.8. The molecule has 33 heavy (non-hydrogen) atoms. The number of amides is 3. The molecule has 1 N–H and O–H groups in total. The molecule has 6 nitrogen and oxygen atoms in total. The van der Waals surface area contributed by atoms with Crippen LogP contribution in [0, 0.1) is 12.7 Å². The Hall–Kier alpha value is -3.61. The van der Waals surface area contributed by atoms with Crippen LogP contribution in [0.4, 0.5) is 14.9 Å². The number of aromatic nitrogens is 1. The minimum Gasteiger partial charge on any atom is -0.348 e. The molecule has 2 heterocycles. The van der Waals surface area contributed by atoms with Gasteiger partial charge in [-0.15, -0.1) is 0 Å². The third-order valence-corrected chi connectivity index (χ3v) is 6.00. The van der Waals surface area contributed by atoms with Crippen molar-refractivity contribution in [1.29, 1.82) is 0 Å². The predicted molar refractivity (Wildman–Crippen MR) is 126 cm³/mol. The second kappa shape index (κ2) is 9.48. The van der Waals surface area contributed by atoms with E-state index < -0.39 is 0 Å². The molecule has 1 aliphatic rings. The van der Waals surface area contributed by atoms with E-state index in [9.17, 15) is 14.0 Å². The Kier molecular flexibility index (Phi) is 6.49. The number of carbonyl (C=O) groups excluding carboxylic acids is 2. The molecule has 4 rings (SSSR count). The number of rotatable bonds is 5. The van der Waals surface area contributed by atoms with E-state index in [1.54, 1.807) is 21.9 Å². The molecule has 172 valence electrons. The highest BCUT2D eigenvalue weighted by atomic mass is 19.1. The fraction of sp³-hybridized carbons (Fsp3) is 0.308. The van der Waals surface area contributed by atoms with Crippen molar-refractivity contribution >= 4 is 17.6 Å². The number of hydrogen-bond acceptors (Lipinski definition) is 2. The van der Waals surface area contributed by atoms with Crippen molar-refractivity contribution in [3.63, 3.8) is 0 Å². The molecule has 0 saturated carbocycles. The fourth-order valence-corrected chi connectivity index (χ4v) is 4.29. The fourth-order valence-electron chi connectivity index (χ4n) is 4.29. The summed E-state index contributed by atoms with van der Waals surface area (Å²) in [5, 5.41) is 2.90. The van der Waals surface area contributed by atoms with Gasteiger partial charge in [-0.05, 0) is 68.3 Å². The van der Waals surface area contributed by atoms with Crippen LogP contribution in [0.15, 0.2) is 66.9 Å². The van der Waals surface area contributed by atoms with Gasteiger partial charge in [0.2, 0.25) is 5.91 Å². The number of nitrogens with zero attached hydrogens (tertiary/aromatic N) is 3. The van der Waals surface area contributed by atoms with Crippen molar-refractivity contribution in [2.24, 2.45) is 0 Å². The van der Waals surface area contributed by atoms with Gasteiger partial charge >= 0.3 is 6.03 Å². The first-order valence-corrected chi connectivity index (χ1v) is 11.2. The van der Waals surface area contributed by atoms with Crippen molar-refractivity contribution in [2.45, 2.75) is 39.4 Å². The molecule has 0 bridgehead atoms. The molecule has 7 heteroatoms. The van der Waals surface area contributed by atoms with E-state index in [1.807, 2.05) is 63.4 Å². The molecule has 0 fully saturated rings. The summed E-state index contributed by atoms with van der Waals surface area (Å²) in [6.07, 6.45) is 1.99. The normalized spacial score (nSPS) is 15.3. The zero-order chi connectivity index (χ0) is 23.5. The van der Waals surface area contributed by atoms with Crippen molar-refractivity contribution in [1.82, 2.24) is 14.4 Å². The van der Waals surface area contributed by atoms with Crippen LogP contribution >= 0.6 is 0 Å². The standard InChI is InChI=1S/C26H29FN4O2/c1-18(2)31(26(33)28-22-7-4-6-19(3)16-22)17-24(32)30-15-14-29-13-5-8-23(29)25(30)20-9-11-21(27)12-10-20/h4-13,16,18,25H,14-15,17H2,1-3H3,(H,28,33). The summed E-state index contributed by atoms with van der Waals surface area (Å²) >= 11 is 0. The summed E-state index contributed by atoms with van der Waals surface area (Å²) < 4.78 is 15.7. The SMILES string of the molecule is Cc1cccc(NC(=O)N(CC(=O)N2CCn3cccc3C2c2ccc(F)cc2)C(C)C)c1. The van der Waals surface area contributed by atoms with E-state index in [0.717, 1.165) is 16.8 Å². The average molecular weight is 449 g/mol. The number of hydrogen-bond donors (Lipinski definition) is 1. The molecular formula is C26H29FN4O2. The molecule has 3 aromatic rings. The number of carbonyl (C=O) groups is 2. The zero-order valence-electron chi connectivity index (χ0n) is 19.2. The van der Waals surface area contributed by atoms with Crippen LogP contribution in [0.3, 0.4) is 0 Å². The largest absolute Gasteiger partial charge is 0.348 e. The van der Waals surface area contributed by atoms with Gasteiger partial charge in [-0.25, -0.2) is 9.18 Å². The third-order valence-electron chi connectivity index (χ3n) is 6.00. The van der Waals surface area contributed by atoms with E-state index >= 15 is 0 Å². The number of halogens is 1. The number of urea groups is 1. The highest BCUT2D eigenvalue weighted by molar-refractivity contribution is 5.92. The predicted octanol–water partition coefficient (Wildman–Crippen LogP) is 4.81. The molecule has 1 atom stereocenters. The topological polar surface area (TPSA) is 57.6 Å². The summed E-state index contributed by atoms with van der Waals surface area (Å²) in [5.41, 5.74) is 3.54. The average Bonchev–Trinajstić information content (AvgIpc) is 3.26. The van der Waals surface area contributed by atoms with Crippen LogP contribution in [0.25, 0.3) is 0 Å². The van der Waals surface area contributed by atoms with Gasteiger partial charge in [-0.2, -0.15) is 0 Å². The lowest BCUT2D eigenvalue weighted by Crippen LogP contribution is -2.50. The third kappa shape index (κ3) is 4.92. The molecule has 2 aromatic carbocycles. The highest BCUT2D eigenvalue weighted by Gasteiger charge is 2.34. The molecule has 3 amide bonds. The monoisotopic (exact) mass is 448 g/mol. The Bertz CT molecular complexity index is 1140. The van der Waals surface area contributed by atoms with Crippen LogP contribution in [-0.4, -0.2) is 45.4 Å². The summed E-state index contributed by atoms with van der Waals surface area (Å²) in [6.45, 7) is 6.87. The van der Waals surface area contributed by atoms with Gasteiger partial charge in [0.05, 0.1) is 6.04 Å². The summed E-state index contributed by atoms with van der Waals surface area (Å²) in [7, 11) is 0. The van der Waals surface area contributed by atoms with Crippen LogP contribution < -0.4 is 5.32 Å². The molecule has 1 aromatic heterocycles. The van der Waals surface area contributed by atoms with Crippen LogP contribution in [0.1, 0.15) is 36.7 Å². The Balaban J connectivity index is 1.56. The van der Waals surface area contributed by atoms with Crippen molar-refractivity contribution in [2.75, 3.05) is 18.4 Å². The van der Waals surface area contributed by atoms with E-state index in [0.29, 0.717) is 18.8 Å². The van der Waals surface area contributed by atoms with Crippen LogP contribution in [-0.2, 0) is 11.3 Å². The lowest BCUT2D eigenvalue weighted by molar-refractivity contribution is -0.134. The van der Waals surface area contributed by atoms with E-state index in [4.69, 9.17) is 0 Å². The lowest BCUT2D eigenvalue weighted by Gasteiger charge is -2.39. The van der Waals surface area contributed by atoms with Crippen molar-refractivity contribution in [3.05, 3.63) is 89.5 Å². The van der Waals surface area contributed by atoms with Gasteiger partial charge in [-0.1, -0.05) is 24.3 Å². The summed E-state index contributed by atoms with van der Waals surface area (Å²) in [6, 6.07) is 16.9. The summed E-state index contributed by atoms with van der Waals surface area (Å²) in [4.78, 5) is 29.9. The highest BCUT2D eigenvalue weighted by Crippen LogP contribution is 2.32. The smallest absolute Gasteiger partial charge is 0.322 e. The quantitative estimate of drug-likeness (QED) is 0.609. The summed E-state index contributed by atoms with van der Waals surface area (Å²) in [5.74, 6) is -0.466. The van der Waals surface area contributed by atoms with E-state index in [2.05, 4.69) is 9.88 Å². The number of nitrogens with one attached hydrogen (secondary N) is 1. The minimum absolute atomic E-state index is 0.0479. The van der Waals surface area contributed by atoms with Gasteiger partial charge < -0.3 is 19.7 Å². The maximum atomic E-state index is 13.6. The maximum absolute atomic E-state index is 13.6. The molecule has 0 radical (unpaired) electrons. The van der Waals surface area contributed by atoms with Gasteiger partial charge in [0.1, 0.15) is 12.4 Å². The number of fused-ring (bicyclic) bond motifs is 1. The Labute approximate surface area is 193 Å². The van der Waals surface area contributed by atoms with E-state index in [1.165, 1.54) is 12.1 Å². The van der Waals surface area contributed by atoms with Crippen molar-refractivity contribution < 1.29 is 14.0 Å². The van der Waals surface area contributed by atoms with Crippen molar-refractivity contribution in [3.8, 4) is 0 Å². The van der Waals surface area contributed by atoms with Gasteiger partial charge in [0.25, 0.3) is 0 Å². The molecule has 0 saturated heterocycles. The molecule has 1 aliphatic heterocycles. The Morgan fingerprint density at radius 1 is 1.09 bits per heavy atom. The lowest BCUT2D eigenvalue weighted by atomic mass is 9.99. The minimum atomic E-state index is -0.337. The first kappa shape index (κ1) is 22.6. The number of anilines is 1. The maximum Gasteiger partial charge on any atom is 0.322 e. The number of aryl methyl sites for hydroxylation is 1. The second-order valence-electron chi connectivity index (χ2n) is 8.69. The van der Waals surface area contributed by atoms with E-state index in [-0.39, 0.29) is 36.4 Å². The molecule has 1 unspecified atom stereocenters. The molecular weight excluding hydrogens is 419 g/mol. The number of benzene rings is 2. The Morgan fingerprint density at radius 3 is 2.55 bits per heavy atom. The van der Waals surface area contributed by atoms with Crippen LogP contribution in [0.5, 0.6) is 0 Å². The zero-order valence-corrected chi connectivity index (χ0v) is 19.2. The molecule has 0 spiro atoms. The second-order valence-corrected chi connectivity index (χ2v) is 8.69. The van der Waals surface area contributed by atoms with Gasteiger partial charge in [0.15, 0.2) is 0 Å². The Morgan fingerprint density at radius 2 is 1.85 bits per heavy atom. The van der Waals surface area contributed by atoms with Gasteiger partial charge in [0, 0.05) is 36.7 Å². The first-order valence-electron chi connectivity index (χ1n) is 11.2. The van der Waals surface area contributed by atoms with Crippen LogP contribution in [0.2, 0.25) is 0 Å². The molecule has 0 aliphatic carbocycles. The van der Waals surface area contributed by atoms with Gasteiger partial charge in [-0.3, -0.25) is 4.79 Å².